The van der Waals surface area contributed by atoms with E-state index in [0.717, 1.165) is 5.56 Å². The molecule has 0 spiro atoms. The molecular weight excluding hydrogens is 358 g/mol. The first-order chi connectivity index (χ1) is 13.6. The van der Waals surface area contributed by atoms with Gasteiger partial charge in [0.15, 0.2) is 0 Å². The second-order valence-corrected chi connectivity index (χ2v) is 6.29. The number of hydrogen-bond donors (Lipinski definition) is 2. The average molecular weight is 379 g/mol. The van der Waals surface area contributed by atoms with Crippen LogP contribution in [0.3, 0.4) is 0 Å². The number of ether oxygens (including phenoxy) is 1. The lowest BCUT2D eigenvalue weighted by molar-refractivity contribution is -0.142. The lowest BCUT2D eigenvalue weighted by Crippen LogP contribution is -2.43. The summed E-state index contributed by atoms with van der Waals surface area (Å²) >= 11 is 0. The summed E-state index contributed by atoms with van der Waals surface area (Å²) in [5.74, 6) is -1.02. The SMILES string of the molecule is COC(=O)[C@H](Cc1c[nH]n(Cc2ccccc2)c1=O)NC(=O)c1ccccc1. The van der Waals surface area contributed by atoms with Crippen molar-refractivity contribution in [2.75, 3.05) is 7.11 Å². The zero-order valence-electron chi connectivity index (χ0n) is 15.4. The van der Waals surface area contributed by atoms with Crippen molar-refractivity contribution in [1.82, 2.24) is 15.1 Å². The van der Waals surface area contributed by atoms with Gasteiger partial charge in [-0.2, -0.15) is 0 Å². The second-order valence-electron chi connectivity index (χ2n) is 6.29. The van der Waals surface area contributed by atoms with E-state index in [0.29, 0.717) is 17.7 Å². The standard InChI is InChI=1S/C21H21N3O4/c1-28-21(27)18(23-19(25)16-10-6-3-7-11-16)12-17-13-22-24(20(17)26)14-15-8-4-2-5-9-15/h2-11,13,18,22H,12,14H2,1H3,(H,23,25)/t18-/m0/s1. The van der Waals surface area contributed by atoms with Gasteiger partial charge in [0.25, 0.3) is 11.5 Å². The molecule has 0 aliphatic heterocycles. The molecule has 0 aliphatic carbocycles. The smallest absolute Gasteiger partial charge is 0.328 e. The first-order valence-electron chi connectivity index (χ1n) is 8.83. The predicted octanol–water partition coefficient (Wildman–Crippen LogP) is 1.74. The number of methoxy groups -OCH3 is 1. The van der Waals surface area contributed by atoms with Crippen molar-refractivity contribution in [2.45, 2.75) is 19.0 Å². The van der Waals surface area contributed by atoms with E-state index in [2.05, 4.69) is 10.4 Å². The Hall–Kier alpha value is -3.61. The van der Waals surface area contributed by atoms with Crippen molar-refractivity contribution < 1.29 is 14.3 Å². The van der Waals surface area contributed by atoms with Gasteiger partial charge in [-0.25, -0.2) is 9.48 Å². The summed E-state index contributed by atoms with van der Waals surface area (Å²) in [4.78, 5) is 37.2. The molecule has 144 valence electrons. The van der Waals surface area contributed by atoms with E-state index in [9.17, 15) is 14.4 Å². The highest BCUT2D eigenvalue weighted by molar-refractivity contribution is 5.96. The maximum absolute atomic E-state index is 12.6. The number of hydrogen-bond acceptors (Lipinski definition) is 4. The van der Waals surface area contributed by atoms with Gasteiger partial charge in [-0.05, 0) is 17.7 Å². The lowest BCUT2D eigenvalue weighted by atomic mass is 10.1. The summed E-state index contributed by atoms with van der Waals surface area (Å²) in [5, 5.41) is 5.55. The zero-order valence-corrected chi connectivity index (χ0v) is 15.4. The molecule has 3 rings (SSSR count). The molecule has 2 N–H and O–H groups in total. The number of amides is 1. The molecule has 28 heavy (non-hydrogen) atoms. The minimum Gasteiger partial charge on any atom is -0.467 e. The van der Waals surface area contributed by atoms with Crippen LogP contribution in [-0.2, 0) is 22.5 Å². The van der Waals surface area contributed by atoms with Crippen LogP contribution in [0.2, 0.25) is 0 Å². The van der Waals surface area contributed by atoms with Gasteiger partial charge in [0.1, 0.15) is 6.04 Å². The minimum atomic E-state index is -0.966. The Kier molecular flexibility index (Phi) is 6.06. The number of aromatic nitrogens is 2. The molecule has 1 amide bonds. The quantitative estimate of drug-likeness (QED) is 0.612. The van der Waals surface area contributed by atoms with Gasteiger partial charge < -0.3 is 15.2 Å². The Morgan fingerprint density at radius 1 is 1.07 bits per heavy atom. The van der Waals surface area contributed by atoms with Crippen LogP contribution >= 0.6 is 0 Å². The summed E-state index contributed by atoms with van der Waals surface area (Å²) in [6, 6.07) is 17.1. The average Bonchev–Trinajstić information content (AvgIpc) is 3.07. The first-order valence-corrected chi connectivity index (χ1v) is 8.83. The van der Waals surface area contributed by atoms with Gasteiger partial charge in [-0.3, -0.25) is 9.59 Å². The summed E-state index contributed by atoms with van der Waals surface area (Å²) in [5.41, 5.74) is 1.54. The van der Waals surface area contributed by atoms with Crippen molar-refractivity contribution in [3.8, 4) is 0 Å². The normalized spacial score (nSPS) is 11.6. The van der Waals surface area contributed by atoms with E-state index in [4.69, 9.17) is 4.74 Å². The van der Waals surface area contributed by atoms with Crippen LogP contribution in [0.15, 0.2) is 71.7 Å². The fraction of sp³-hybridized carbons (Fsp3) is 0.190. The molecule has 0 saturated heterocycles. The fourth-order valence-corrected chi connectivity index (χ4v) is 2.87. The summed E-state index contributed by atoms with van der Waals surface area (Å²) in [7, 11) is 1.24. The van der Waals surface area contributed by atoms with E-state index < -0.39 is 17.9 Å². The third kappa shape index (κ3) is 4.56. The largest absolute Gasteiger partial charge is 0.467 e. The topological polar surface area (TPSA) is 93.2 Å². The highest BCUT2D eigenvalue weighted by Crippen LogP contribution is 2.05. The first kappa shape index (κ1) is 19.2. The molecular formula is C21H21N3O4. The van der Waals surface area contributed by atoms with Crippen molar-refractivity contribution in [3.05, 3.63) is 93.9 Å². The van der Waals surface area contributed by atoms with Crippen LogP contribution in [0.1, 0.15) is 21.5 Å². The van der Waals surface area contributed by atoms with Crippen molar-refractivity contribution in [3.63, 3.8) is 0 Å². The minimum absolute atomic E-state index is 0.0301. The van der Waals surface area contributed by atoms with E-state index >= 15 is 0 Å². The molecule has 7 heteroatoms. The maximum Gasteiger partial charge on any atom is 0.328 e. The van der Waals surface area contributed by atoms with Crippen molar-refractivity contribution in [2.24, 2.45) is 0 Å². The summed E-state index contributed by atoms with van der Waals surface area (Å²) in [6.07, 6.45) is 1.58. The Morgan fingerprint density at radius 2 is 1.71 bits per heavy atom. The number of carbonyl (C=O) groups excluding carboxylic acids is 2. The van der Waals surface area contributed by atoms with E-state index in [1.165, 1.54) is 11.8 Å². The lowest BCUT2D eigenvalue weighted by Gasteiger charge is -2.15. The molecule has 0 unspecified atom stereocenters. The number of nitrogens with zero attached hydrogens (tertiary/aromatic N) is 1. The van der Waals surface area contributed by atoms with E-state index in [1.54, 1.807) is 36.5 Å². The van der Waals surface area contributed by atoms with Gasteiger partial charge in [-0.1, -0.05) is 48.5 Å². The number of esters is 1. The molecule has 0 aliphatic rings. The highest BCUT2D eigenvalue weighted by atomic mass is 16.5. The zero-order chi connectivity index (χ0) is 19.9. The summed E-state index contributed by atoms with van der Waals surface area (Å²) < 4.78 is 6.25. The number of aromatic amines is 1. The summed E-state index contributed by atoms with van der Waals surface area (Å²) in [6.45, 7) is 0.388. The van der Waals surface area contributed by atoms with Crippen LogP contribution in [-0.4, -0.2) is 34.8 Å². The van der Waals surface area contributed by atoms with Gasteiger partial charge >= 0.3 is 5.97 Å². The fourth-order valence-electron chi connectivity index (χ4n) is 2.87. The molecule has 1 heterocycles. The number of rotatable bonds is 7. The molecule has 2 aromatic carbocycles. The third-order valence-electron chi connectivity index (χ3n) is 4.35. The van der Waals surface area contributed by atoms with Gasteiger partial charge in [0, 0.05) is 23.7 Å². The Bertz CT molecular complexity index is 993. The molecule has 7 nitrogen and oxygen atoms in total. The second kappa shape index (κ2) is 8.85. The van der Waals surface area contributed by atoms with Crippen molar-refractivity contribution in [1.29, 1.82) is 0 Å². The van der Waals surface area contributed by atoms with Crippen LogP contribution in [0.4, 0.5) is 0 Å². The molecule has 0 fully saturated rings. The third-order valence-corrected chi connectivity index (χ3v) is 4.35. The molecule has 0 radical (unpaired) electrons. The van der Waals surface area contributed by atoms with E-state index in [-0.39, 0.29) is 12.0 Å². The van der Waals surface area contributed by atoms with Crippen LogP contribution in [0, 0.1) is 0 Å². The molecule has 1 atom stereocenters. The number of H-pyrrole nitrogens is 1. The number of nitrogens with one attached hydrogen (secondary N) is 2. The van der Waals surface area contributed by atoms with Crippen molar-refractivity contribution >= 4 is 11.9 Å². The molecule has 0 saturated carbocycles. The molecule has 3 aromatic rings. The van der Waals surface area contributed by atoms with Crippen LogP contribution in [0.25, 0.3) is 0 Å². The van der Waals surface area contributed by atoms with Gasteiger partial charge in [0.05, 0.1) is 13.7 Å². The monoisotopic (exact) mass is 379 g/mol. The number of benzene rings is 2. The van der Waals surface area contributed by atoms with Gasteiger partial charge in [-0.15, -0.1) is 0 Å². The number of carbonyl (C=O) groups is 2. The highest BCUT2D eigenvalue weighted by Gasteiger charge is 2.24. The van der Waals surface area contributed by atoms with Crippen LogP contribution in [0.5, 0.6) is 0 Å². The Balaban J connectivity index is 1.75. The van der Waals surface area contributed by atoms with Gasteiger partial charge in [0.2, 0.25) is 0 Å². The molecule has 0 bridgehead atoms. The van der Waals surface area contributed by atoms with E-state index in [1.807, 2.05) is 30.3 Å². The predicted molar refractivity (Wildman–Crippen MR) is 104 cm³/mol. The Morgan fingerprint density at radius 3 is 2.36 bits per heavy atom. The maximum atomic E-state index is 12.6. The Labute approximate surface area is 161 Å². The van der Waals surface area contributed by atoms with Crippen LogP contribution < -0.4 is 10.9 Å². The molecule has 1 aromatic heterocycles.